The smallest absolute Gasteiger partial charge is 0.315 e. The molecule has 1 aliphatic rings. The van der Waals surface area contributed by atoms with E-state index >= 15 is 0 Å². The molecule has 0 radical (unpaired) electrons. The largest absolute Gasteiger partial charge is 0.478 e. The van der Waals surface area contributed by atoms with Crippen LogP contribution in [0.25, 0.3) is 0 Å². The molecule has 0 aromatic carbocycles. The second-order valence-corrected chi connectivity index (χ2v) is 5.80. The van der Waals surface area contributed by atoms with E-state index in [2.05, 4.69) is 34.4 Å². The third-order valence-corrected chi connectivity index (χ3v) is 3.86. The topological polar surface area (TPSA) is 66.5 Å². The molecule has 1 atom stereocenters. The number of amides is 2. The van der Waals surface area contributed by atoms with Gasteiger partial charge in [-0.05, 0) is 33.3 Å². The van der Waals surface area contributed by atoms with E-state index in [1.807, 2.05) is 19.1 Å². The number of hydrogen-bond acceptors (Lipinski definition) is 4. The Morgan fingerprint density at radius 2 is 2.36 bits per heavy atom. The van der Waals surface area contributed by atoms with E-state index in [1.165, 1.54) is 0 Å². The van der Waals surface area contributed by atoms with Gasteiger partial charge in [0.05, 0.1) is 6.61 Å². The lowest BCUT2D eigenvalue weighted by atomic mass is 10.2. The van der Waals surface area contributed by atoms with Crippen molar-refractivity contribution in [1.29, 1.82) is 0 Å². The van der Waals surface area contributed by atoms with Crippen LogP contribution in [0, 0.1) is 0 Å². The van der Waals surface area contributed by atoms with Crippen LogP contribution in [0.1, 0.15) is 32.8 Å². The highest BCUT2D eigenvalue weighted by Gasteiger charge is 2.25. The Morgan fingerprint density at radius 1 is 1.55 bits per heavy atom. The second kappa shape index (κ2) is 7.98. The summed E-state index contributed by atoms with van der Waals surface area (Å²) in [7, 11) is 0. The van der Waals surface area contributed by atoms with Gasteiger partial charge in [-0.1, -0.05) is 6.07 Å². The molecule has 1 aromatic rings. The lowest BCUT2D eigenvalue weighted by Crippen LogP contribution is -2.43. The third-order valence-electron chi connectivity index (χ3n) is 3.86. The molecule has 2 N–H and O–H groups in total. The zero-order valence-electron chi connectivity index (χ0n) is 13.6. The van der Waals surface area contributed by atoms with E-state index in [0.717, 1.165) is 25.1 Å². The number of likely N-dealkylation sites (tertiary alicyclic amines) is 1. The summed E-state index contributed by atoms with van der Waals surface area (Å²) in [5.41, 5.74) is 0.884. The summed E-state index contributed by atoms with van der Waals surface area (Å²) in [6, 6.07) is 4.37. The first kappa shape index (κ1) is 16.5. The Morgan fingerprint density at radius 3 is 3.05 bits per heavy atom. The summed E-state index contributed by atoms with van der Waals surface area (Å²) in [5.74, 6) is 0.581. The Bertz CT molecular complexity index is 493. The average molecular weight is 306 g/mol. The number of rotatable bonds is 6. The van der Waals surface area contributed by atoms with Crippen molar-refractivity contribution in [2.75, 3.05) is 19.7 Å². The minimum atomic E-state index is -0.137. The molecular formula is C16H26N4O2. The van der Waals surface area contributed by atoms with E-state index in [4.69, 9.17) is 4.74 Å². The molecule has 1 saturated heterocycles. The number of hydrogen-bond donors (Lipinski definition) is 2. The van der Waals surface area contributed by atoms with Gasteiger partial charge < -0.3 is 15.4 Å². The van der Waals surface area contributed by atoms with Gasteiger partial charge in [-0.25, -0.2) is 9.78 Å². The number of carbonyl (C=O) groups excluding carboxylic acids is 1. The highest BCUT2D eigenvalue weighted by molar-refractivity contribution is 5.74. The molecule has 2 rings (SSSR count). The van der Waals surface area contributed by atoms with Gasteiger partial charge in [0.25, 0.3) is 0 Å². The fraction of sp³-hybridized carbons (Fsp3) is 0.625. The maximum absolute atomic E-state index is 12.0. The van der Waals surface area contributed by atoms with Gasteiger partial charge in [0.1, 0.15) is 0 Å². The predicted molar refractivity (Wildman–Crippen MR) is 85.9 cm³/mol. The van der Waals surface area contributed by atoms with Gasteiger partial charge in [-0.3, -0.25) is 4.90 Å². The number of pyridine rings is 1. The lowest BCUT2D eigenvalue weighted by molar-refractivity contribution is 0.233. The molecular weight excluding hydrogens is 280 g/mol. The van der Waals surface area contributed by atoms with Crippen LogP contribution in [0.2, 0.25) is 0 Å². The second-order valence-electron chi connectivity index (χ2n) is 5.80. The highest BCUT2D eigenvalue weighted by Crippen LogP contribution is 2.14. The maximum atomic E-state index is 12.0. The van der Waals surface area contributed by atoms with E-state index < -0.39 is 0 Å². The molecule has 1 unspecified atom stereocenters. The molecule has 1 fully saturated rings. The average Bonchev–Trinajstić information content (AvgIpc) is 2.95. The number of nitrogens with zero attached hydrogens (tertiary/aromatic N) is 2. The minimum Gasteiger partial charge on any atom is -0.478 e. The standard InChI is InChI=1S/C16H26N4O2/c1-4-22-15-13(6-5-8-17-15)10-18-16(21)19-14-7-9-20(11-14)12(2)3/h5-6,8,12,14H,4,7,9-11H2,1-3H3,(H2,18,19,21). The Kier molecular flexibility index (Phi) is 6.00. The van der Waals surface area contributed by atoms with E-state index in [1.54, 1.807) is 6.20 Å². The van der Waals surface area contributed by atoms with Gasteiger partial charge in [-0.2, -0.15) is 0 Å². The first-order valence-electron chi connectivity index (χ1n) is 7.95. The molecule has 1 aliphatic heterocycles. The van der Waals surface area contributed by atoms with Crippen LogP contribution in [-0.4, -0.2) is 47.7 Å². The summed E-state index contributed by atoms with van der Waals surface area (Å²) in [5, 5.41) is 5.91. The van der Waals surface area contributed by atoms with Crippen LogP contribution >= 0.6 is 0 Å². The summed E-state index contributed by atoms with van der Waals surface area (Å²) in [6.45, 7) is 9.21. The molecule has 22 heavy (non-hydrogen) atoms. The van der Waals surface area contributed by atoms with Gasteiger partial charge >= 0.3 is 6.03 Å². The number of aromatic nitrogens is 1. The van der Waals surface area contributed by atoms with Crippen LogP contribution in [-0.2, 0) is 6.54 Å². The Balaban J connectivity index is 1.79. The van der Waals surface area contributed by atoms with E-state index in [0.29, 0.717) is 25.1 Å². The first-order chi connectivity index (χ1) is 10.6. The monoisotopic (exact) mass is 306 g/mol. The fourth-order valence-corrected chi connectivity index (χ4v) is 2.61. The van der Waals surface area contributed by atoms with Crippen molar-refractivity contribution in [2.45, 2.75) is 45.8 Å². The molecule has 0 bridgehead atoms. The van der Waals surface area contributed by atoms with Crippen molar-refractivity contribution in [1.82, 2.24) is 20.5 Å². The normalized spacial score (nSPS) is 18.5. The van der Waals surface area contributed by atoms with Crippen molar-refractivity contribution in [3.05, 3.63) is 23.9 Å². The third kappa shape index (κ3) is 4.59. The van der Waals surface area contributed by atoms with Gasteiger partial charge in [-0.15, -0.1) is 0 Å². The number of ether oxygens (including phenoxy) is 1. The van der Waals surface area contributed by atoms with Crippen molar-refractivity contribution >= 4 is 6.03 Å². The highest BCUT2D eigenvalue weighted by atomic mass is 16.5. The van der Waals surface area contributed by atoms with Crippen molar-refractivity contribution < 1.29 is 9.53 Å². The summed E-state index contributed by atoms with van der Waals surface area (Å²) in [6.07, 6.45) is 2.69. The van der Waals surface area contributed by atoms with Crippen LogP contribution in [0.4, 0.5) is 4.79 Å². The van der Waals surface area contributed by atoms with E-state index in [-0.39, 0.29) is 12.1 Å². The van der Waals surface area contributed by atoms with Crippen LogP contribution in [0.15, 0.2) is 18.3 Å². The molecule has 0 aliphatic carbocycles. The Hall–Kier alpha value is -1.82. The van der Waals surface area contributed by atoms with E-state index in [9.17, 15) is 4.79 Å². The van der Waals surface area contributed by atoms with Gasteiger partial charge in [0.15, 0.2) is 0 Å². The quantitative estimate of drug-likeness (QED) is 0.840. The molecule has 1 aromatic heterocycles. The maximum Gasteiger partial charge on any atom is 0.315 e. The Labute approximate surface area is 132 Å². The summed E-state index contributed by atoms with van der Waals surface area (Å²) in [4.78, 5) is 18.6. The minimum absolute atomic E-state index is 0.137. The molecule has 6 heteroatoms. The number of nitrogens with one attached hydrogen (secondary N) is 2. The zero-order valence-corrected chi connectivity index (χ0v) is 13.6. The molecule has 0 saturated carbocycles. The van der Waals surface area contributed by atoms with Crippen LogP contribution in [0.5, 0.6) is 5.88 Å². The lowest BCUT2D eigenvalue weighted by Gasteiger charge is -2.20. The SMILES string of the molecule is CCOc1ncccc1CNC(=O)NC1CCN(C(C)C)C1. The summed E-state index contributed by atoms with van der Waals surface area (Å²) >= 11 is 0. The van der Waals surface area contributed by atoms with Gasteiger partial charge in [0.2, 0.25) is 5.88 Å². The number of urea groups is 1. The number of carbonyl (C=O) groups is 1. The first-order valence-corrected chi connectivity index (χ1v) is 7.95. The molecule has 122 valence electrons. The fourth-order valence-electron chi connectivity index (χ4n) is 2.61. The molecule has 2 amide bonds. The van der Waals surface area contributed by atoms with Crippen molar-refractivity contribution in [3.8, 4) is 5.88 Å². The molecule has 0 spiro atoms. The van der Waals surface area contributed by atoms with Gasteiger partial charge in [0, 0.05) is 43.5 Å². The zero-order chi connectivity index (χ0) is 15.9. The van der Waals surface area contributed by atoms with Crippen LogP contribution in [0.3, 0.4) is 0 Å². The van der Waals surface area contributed by atoms with Crippen LogP contribution < -0.4 is 15.4 Å². The summed E-state index contributed by atoms with van der Waals surface area (Å²) < 4.78 is 5.45. The van der Waals surface area contributed by atoms with Crippen molar-refractivity contribution in [2.24, 2.45) is 0 Å². The predicted octanol–water partition coefficient (Wildman–Crippen LogP) is 1.76. The van der Waals surface area contributed by atoms with Crippen molar-refractivity contribution in [3.63, 3.8) is 0 Å². The molecule has 6 nitrogen and oxygen atoms in total. The molecule has 2 heterocycles.